The minimum Gasteiger partial charge on any atom is -0.870 e. The van der Waals surface area contributed by atoms with Crippen LogP contribution in [0.1, 0.15) is 21.5 Å². The van der Waals surface area contributed by atoms with Crippen molar-refractivity contribution in [1.29, 1.82) is 0 Å². The predicted molar refractivity (Wildman–Crippen MR) is 102 cm³/mol. The fraction of sp³-hybridized carbons (Fsp3) is 0.133. The molecule has 0 amide bonds. The third kappa shape index (κ3) is 28.9. The van der Waals surface area contributed by atoms with Gasteiger partial charge in [-0.1, -0.05) is 23.7 Å². The van der Waals surface area contributed by atoms with Gasteiger partial charge in [0, 0.05) is 5.02 Å². The second-order valence-corrected chi connectivity index (χ2v) is 7.88. The standard InChI is InChI=1S/C8H10O3S.C7H5ClO2.ClHO.4Na.HO4Si.H2O/c1-6-4-3-5-8(7(6)2)12(9,10)11;8-6-3-1-5(2-4-6)7(9)10;1-2;;;;;1-5(2,3)4;/h3-5H,1-2H3,(H,9,10,11);1-4H,(H,9,10);2H;;;;;1H;1H2/q;;;4*+1;-3;/p-1. The Morgan fingerprint density at radius 2 is 1.26 bits per heavy atom. The summed E-state index contributed by atoms with van der Waals surface area (Å²) in [6.45, 7) is 3.46. The van der Waals surface area contributed by atoms with E-state index in [1.165, 1.54) is 18.2 Å². The summed E-state index contributed by atoms with van der Waals surface area (Å²) in [4.78, 5) is 43.3. The Hall–Kier alpha value is 2.38. The van der Waals surface area contributed by atoms with Gasteiger partial charge in [0.2, 0.25) is 0 Å². The van der Waals surface area contributed by atoms with Crippen LogP contribution in [-0.2, 0) is 10.1 Å². The summed E-state index contributed by atoms with van der Waals surface area (Å²) in [5.74, 6) is -0.934. The smallest absolute Gasteiger partial charge is 0.870 e. The summed E-state index contributed by atoms with van der Waals surface area (Å²) in [7, 11) is -9.42. The van der Waals surface area contributed by atoms with Crippen LogP contribution in [-0.4, -0.2) is 48.0 Å². The molecule has 2 aromatic rings. The normalized spacial score (nSPS) is 8.76. The molecule has 0 unspecified atom stereocenters. The van der Waals surface area contributed by atoms with Crippen molar-refractivity contribution in [3.8, 4) is 0 Å². The average molecular weight is 597 g/mol. The fourth-order valence-corrected chi connectivity index (χ4v) is 2.52. The molecule has 0 spiro atoms. The van der Waals surface area contributed by atoms with Gasteiger partial charge in [-0.15, -0.1) is 9.05 Å². The Morgan fingerprint density at radius 1 is 0.912 bits per heavy atom. The molecular formula is C15H18Cl2Na4O11SSi. The second-order valence-electron chi connectivity index (χ2n) is 5.01. The van der Waals surface area contributed by atoms with Gasteiger partial charge in [0.05, 0.1) is 22.3 Å². The third-order valence-corrected chi connectivity index (χ3v) is 4.17. The number of aromatic carboxylic acids is 1. The molecule has 11 nitrogen and oxygen atoms in total. The Kier molecular flexibility index (Phi) is 41.8. The molecule has 0 bridgehead atoms. The number of halogens is 2. The molecule has 0 atom stereocenters. The van der Waals surface area contributed by atoms with E-state index in [0.29, 0.717) is 10.6 Å². The minimum atomic E-state index is -5.36. The van der Waals surface area contributed by atoms with Crippen LogP contribution in [0, 0.1) is 13.8 Å². The van der Waals surface area contributed by atoms with Crippen LogP contribution in [0.5, 0.6) is 0 Å². The second kappa shape index (κ2) is 27.0. The van der Waals surface area contributed by atoms with Crippen LogP contribution in [0.25, 0.3) is 0 Å². The number of carboxylic acids is 1. The Morgan fingerprint density at radius 3 is 1.53 bits per heavy atom. The van der Waals surface area contributed by atoms with Crippen LogP contribution in [0.3, 0.4) is 0 Å². The molecule has 5 N–H and O–H groups in total. The Balaban J connectivity index is -0.0000000611. The van der Waals surface area contributed by atoms with Crippen LogP contribution < -0.4 is 133 Å². The molecule has 0 aliphatic carbocycles. The van der Waals surface area contributed by atoms with Crippen LogP contribution in [0.2, 0.25) is 5.02 Å². The molecule has 0 saturated carbocycles. The van der Waals surface area contributed by atoms with Crippen molar-refractivity contribution >= 4 is 48.6 Å². The molecule has 0 saturated heterocycles. The van der Waals surface area contributed by atoms with Gasteiger partial charge in [0.1, 0.15) is 0 Å². The van der Waals surface area contributed by atoms with Crippen LogP contribution in [0.15, 0.2) is 47.4 Å². The minimum absolute atomic E-state index is 0. The zero-order chi connectivity index (χ0) is 23.4. The maximum absolute atomic E-state index is 10.8. The van der Waals surface area contributed by atoms with E-state index in [9.17, 15) is 13.2 Å². The summed E-state index contributed by atoms with van der Waals surface area (Å²) < 4.78 is 36.8. The van der Waals surface area contributed by atoms with Crippen LogP contribution >= 0.6 is 23.5 Å². The van der Waals surface area contributed by atoms with Gasteiger partial charge >= 0.3 is 124 Å². The maximum atomic E-state index is 10.8. The molecule has 0 aliphatic heterocycles. The van der Waals surface area contributed by atoms with Gasteiger partial charge in [-0.3, -0.25) is 9.21 Å². The summed E-state index contributed by atoms with van der Waals surface area (Å²) in [6.07, 6.45) is 0. The summed E-state index contributed by atoms with van der Waals surface area (Å²) in [5, 5.41) is 8.98. The predicted octanol–water partition coefficient (Wildman–Crippen LogP) is -12.9. The summed E-state index contributed by atoms with van der Waals surface area (Å²) in [5.41, 5.74) is 1.70. The fourth-order valence-electron chi connectivity index (χ4n) is 1.60. The van der Waals surface area contributed by atoms with E-state index < -0.39 is 25.1 Å². The monoisotopic (exact) mass is 596 g/mol. The van der Waals surface area contributed by atoms with Crippen molar-refractivity contribution in [1.82, 2.24) is 0 Å². The number of hydrogen-bond acceptors (Lipinski definition) is 9. The third-order valence-electron chi connectivity index (χ3n) is 2.92. The number of benzene rings is 2. The quantitative estimate of drug-likeness (QED) is 0.188. The first kappa shape index (κ1) is 52.8. The van der Waals surface area contributed by atoms with E-state index in [4.69, 9.17) is 45.1 Å². The molecular weight excluding hydrogens is 579 g/mol. The van der Waals surface area contributed by atoms with Crippen molar-refractivity contribution in [3.63, 3.8) is 0 Å². The molecule has 19 heteroatoms. The first-order valence-corrected chi connectivity index (χ1v) is 11.0. The molecule has 0 heterocycles. The molecule has 2 aromatic carbocycles. The van der Waals surface area contributed by atoms with Crippen molar-refractivity contribution in [2.75, 3.05) is 0 Å². The first-order valence-electron chi connectivity index (χ1n) is 7.16. The largest absolute Gasteiger partial charge is 1.00 e. The van der Waals surface area contributed by atoms with Gasteiger partial charge in [-0.25, -0.2) is 4.79 Å². The molecule has 0 radical (unpaired) electrons. The molecule has 0 aliphatic rings. The van der Waals surface area contributed by atoms with E-state index in [1.807, 2.05) is 0 Å². The number of rotatable bonds is 2. The van der Waals surface area contributed by atoms with Crippen molar-refractivity contribution in [2.45, 2.75) is 18.7 Å². The van der Waals surface area contributed by atoms with Gasteiger partial charge in [-0.2, -0.15) is 8.42 Å². The molecule has 172 valence electrons. The van der Waals surface area contributed by atoms with E-state index in [2.05, 4.69) is 11.9 Å². The van der Waals surface area contributed by atoms with E-state index in [-0.39, 0.29) is 134 Å². The molecule has 34 heavy (non-hydrogen) atoms. The van der Waals surface area contributed by atoms with Crippen molar-refractivity contribution < 1.29 is 170 Å². The Labute approximate surface area is 297 Å². The topological polar surface area (TPSA) is 231 Å². The zero-order valence-corrected chi connectivity index (χ0v) is 30.7. The van der Waals surface area contributed by atoms with Gasteiger partial charge in [-0.05, 0) is 55.3 Å². The maximum Gasteiger partial charge on any atom is 1.00 e. The number of carboxylic acid groups (broad SMARTS) is 1. The van der Waals surface area contributed by atoms with Gasteiger partial charge < -0.3 is 29.8 Å². The number of hydrogen-bond donors (Lipinski definition) is 4. The first-order chi connectivity index (χ1) is 13.1. The molecule has 2 rings (SSSR count). The molecule has 0 fully saturated rings. The van der Waals surface area contributed by atoms with Gasteiger partial charge in [0.15, 0.2) is 0 Å². The van der Waals surface area contributed by atoms with E-state index >= 15 is 0 Å². The number of aryl methyl sites for hydroxylation is 1. The summed E-state index contributed by atoms with van der Waals surface area (Å²) >= 11 is 9.16. The van der Waals surface area contributed by atoms with E-state index in [1.54, 1.807) is 38.1 Å². The number of carbonyl (C=O) groups is 1. The van der Waals surface area contributed by atoms with Crippen LogP contribution in [0.4, 0.5) is 0 Å². The Bertz CT molecular complexity index is 881. The SMILES string of the molecule is Cc1cccc(S(=O)(=O)O)c1C.O=C(O)c1ccc(Cl)cc1.OCl.[Na+].[Na+].[Na+].[Na+].[O-][Si]([O-])([O-])O.[OH-]. The zero-order valence-electron chi connectivity index (χ0n) is 19.4. The van der Waals surface area contributed by atoms with E-state index in [0.717, 1.165) is 5.56 Å². The molecule has 0 aromatic heterocycles. The average Bonchev–Trinajstić information content (AvgIpc) is 2.57. The van der Waals surface area contributed by atoms with Crippen molar-refractivity contribution in [3.05, 3.63) is 64.2 Å². The van der Waals surface area contributed by atoms with Crippen molar-refractivity contribution in [2.24, 2.45) is 0 Å². The van der Waals surface area contributed by atoms with Gasteiger partial charge in [0.25, 0.3) is 10.1 Å². The summed E-state index contributed by atoms with van der Waals surface area (Å²) in [6, 6.07) is 10.8.